The summed E-state index contributed by atoms with van der Waals surface area (Å²) in [6, 6.07) is 6.33. The zero-order valence-corrected chi connectivity index (χ0v) is 12.0. The minimum atomic E-state index is -0.00398. The summed E-state index contributed by atoms with van der Waals surface area (Å²) in [5.74, 6) is 0.584. The van der Waals surface area contributed by atoms with Crippen LogP contribution in [0.4, 0.5) is 5.69 Å². The topological polar surface area (TPSA) is 46.3 Å². The number of benzene rings is 1. The number of nitrogens with two attached hydrogens (primary N) is 1. The Balaban J connectivity index is 2.38. The van der Waals surface area contributed by atoms with Gasteiger partial charge in [0, 0.05) is 11.9 Å². The summed E-state index contributed by atoms with van der Waals surface area (Å²) < 4.78 is 0. The third kappa shape index (κ3) is 2.27. The molecule has 1 amide bonds. The van der Waals surface area contributed by atoms with Crippen LogP contribution in [0.15, 0.2) is 23.1 Å². The van der Waals surface area contributed by atoms with Crippen LogP contribution >= 0.6 is 11.8 Å². The van der Waals surface area contributed by atoms with E-state index in [9.17, 15) is 4.79 Å². The maximum absolute atomic E-state index is 11.9. The van der Waals surface area contributed by atoms with Crippen LogP contribution in [0.1, 0.15) is 31.7 Å². The Morgan fingerprint density at radius 3 is 2.83 bits per heavy atom. The summed E-state index contributed by atoms with van der Waals surface area (Å²) in [6.07, 6.45) is 1.05. The van der Waals surface area contributed by atoms with Gasteiger partial charge in [0.05, 0.1) is 10.9 Å². The minimum Gasteiger partial charge on any atom is -0.330 e. The lowest BCUT2D eigenvalue weighted by Crippen LogP contribution is -2.36. The molecule has 1 aromatic rings. The van der Waals surface area contributed by atoms with Crippen LogP contribution in [0.25, 0.3) is 0 Å². The highest BCUT2D eigenvalue weighted by molar-refractivity contribution is 8.00. The van der Waals surface area contributed by atoms with E-state index in [1.807, 2.05) is 20.0 Å². The van der Waals surface area contributed by atoms with E-state index in [4.69, 9.17) is 5.73 Å². The molecule has 0 bridgehead atoms. The number of nitrogens with zero attached hydrogens (tertiary/aromatic N) is 1. The highest BCUT2D eigenvalue weighted by atomic mass is 32.2. The van der Waals surface area contributed by atoms with E-state index in [1.54, 1.807) is 16.7 Å². The molecular formula is C14H20N2OS. The summed E-state index contributed by atoms with van der Waals surface area (Å²) >= 11 is 1.64. The maximum Gasteiger partial charge on any atom is 0.239 e. The Labute approximate surface area is 113 Å². The number of thioether (sulfide) groups is 1. The molecule has 0 fully saturated rings. The van der Waals surface area contributed by atoms with Gasteiger partial charge in [0.15, 0.2) is 0 Å². The van der Waals surface area contributed by atoms with Gasteiger partial charge in [-0.05, 0) is 43.5 Å². The van der Waals surface area contributed by atoms with Crippen molar-refractivity contribution in [3.8, 4) is 0 Å². The fourth-order valence-corrected chi connectivity index (χ4v) is 3.50. The van der Waals surface area contributed by atoms with Crippen molar-refractivity contribution >= 4 is 23.4 Å². The van der Waals surface area contributed by atoms with E-state index in [1.165, 1.54) is 10.5 Å². The third-order valence-corrected chi connectivity index (χ3v) is 4.71. The van der Waals surface area contributed by atoms with Crippen LogP contribution in [0.5, 0.6) is 0 Å². The fraction of sp³-hybridized carbons (Fsp3) is 0.500. The van der Waals surface area contributed by atoms with Crippen LogP contribution < -0.4 is 10.6 Å². The van der Waals surface area contributed by atoms with Crippen molar-refractivity contribution in [2.75, 3.05) is 18.5 Å². The largest absolute Gasteiger partial charge is 0.330 e. The monoisotopic (exact) mass is 264 g/mol. The number of amides is 1. The molecule has 2 N–H and O–H groups in total. The molecule has 1 aromatic carbocycles. The molecule has 0 aliphatic carbocycles. The standard InChI is InChI=1S/C14H20N2OS/c1-4-10(8-15)11-5-6-12-13(7-11)18-9(2)14(17)16(12)3/h5-7,9-10H,4,8,15H2,1-3H3. The fourth-order valence-electron chi connectivity index (χ4n) is 2.33. The molecule has 0 saturated heterocycles. The van der Waals surface area contributed by atoms with Gasteiger partial charge in [0.25, 0.3) is 0 Å². The lowest BCUT2D eigenvalue weighted by atomic mass is 9.96. The molecule has 1 heterocycles. The second kappa shape index (κ2) is 5.33. The molecule has 0 radical (unpaired) electrons. The highest BCUT2D eigenvalue weighted by Gasteiger charge is 2.28. The summed E-state index contributed by atoms with van der Waals surface area (Å²) in [7, 11) is 1.84. The van der Waals surface area contributed by atoms with E-state index in [2.05, 4.69) is 19.1 Å². The average Bonchev–Trinajstić information content (AvgIpc) is 2.37. The predicted molar refractivity (Wildman–Crippen MR) is 77.3 cm³/mol. The van der Waals surface area contributed by atoms with Crippen molar-refractivity contribution in [1.82, 2.24) is 0 Å². The van der Waals surface area contributed by atoms with E-state index in [-0.39, 0.29) is 11.2 Å². The van der Waals surface area contributed by atoms with Gasteiger partial charge in [-0.2, -0.15) is 0 Å². The van der Waals surface area contributed by atoms with Gasteiger partial charge in [-0.3, -0.25) is 4.79 Å². The molecular weight excluding hydrogens is 244 g/mol. The highest BCUT2D eigenvalue weighted by Crippen LogP contribution is 2.40. The molecule has 98 valence electrons. The first-order valence-electron chi connectivity index (χ1n) is 6.36. The first kappa shape index (κ1) is 13.4. The Morgan fingerprint density at radius 2 is 2.22 bits per heavy atom. The van der Waals surface area contributed by atoms with Crippen LogP contribution in [0, 0.1) is 0 Å². The van der Waals surface area contributed by atoms with E-state index in [0.717, 1.165) is 12.1 Å². The average molecular weight is 264 g/mol. The van der Waals surface area contributed by atoms with Crippen LogP contribution in [0.3, 0.4) is 0 Å². The van der Waals surface area contributed by atoms with Crippen LogP contribution in [0.2, 0.25) is 0 Å². The molecule has 3 nitrogen and oxygen atoms in total. The molecule has 18 heavy (non-hydrogen) atoms. The van der Waals surface area contributed by atoms with Gasteiger partial charge < -0.3 is 10.6 Å². The molecule has 2 atom stereocenters. The maximum atomic E-state index is 11.9. The zero-order chi connectivity index (χ0) is 13.3. The van der Waals surface area contributed by atoms with Gasteiger partial charge in [-0.15, -0.1) is 11.8 Å². The predicted octanol–water partition coefficient (Wildman–Crippen LogP) is 2.60. The van der Waals surface area contributed by atoms with Crippen molar-refractivity contribution < 1.29 is 4.79 Å². The van der Waals surface area contributed by atoms with Crippen molar-refractivity contribution in [2.24, 2.45) is 5.73 Å². The number of fused-ring (bicyclic) bond motifs is 1. The molecule has 2 unspecified atom stereocenters. The third-order valence-electron chi connectivity index (χ3n) is 3.58. The summed E-state index contributed by atoms with van der Waals surface area (Å²) in [5, 5.41) is -0.00398. The van der Waals surface area contributed by atoms with Crippen molar-refractivity contribution in [3.05, 3.63) is 23.8 Å². The minimum absolute atomic E-state index is 0.00398. The molecule has 1 aliphatic heterocycles. The summed E-state index contributed by atoms with van der Waals surface area (Å²) in [6.45, 7) is 4.78. The number of hydrogen-bond acceptors (Lipinski definition) is 3. The molecule has 2 rings (SSSR count). The number of anilines is 1. The smallest absolute Gasteiger partial charge is 0.239 e. The Hall–Kier alpha value is -1.00. The van der Waals surface area contributed by atoms with E-state index < -0.39 is 0 Å². The van der Waals surface area contributed by atoms with Gasteiger partial charge in [0.1, 0.15) is 0 Å². The molecule has 0 spiro atoms. The lowest BCUT2D eigenvalue weighted by molar-refractivity contribution is -0.117. The number of carbonyl (C=O) groups excluding carboxylic acids is 1. The molecule has 4 heteroatoms. The Morgan fingerprint density at radius 1 is 1.50 bits per heavy atom. The van der Waals surface area contributed by atoms with Gasteiger partial charge >= 0.3 is 0 Å². The number of carbonyl (C=O) groups is 1. The molecule has 0 aromatic heterocycles. The second-order valence-corrected chi connectivity index (χ2v) is 6.11. The second-order valence-electron chi connectivity index (χ2n) is 4.73. The van der Waals surface area contributed by atoms with Crippen LogP contribution in [-0.2, 0) is 4.79 Å². The Kier molecular flexibility index (Phi) is 3.97. The molecule has 1 aliphatic rings. The first-order chi connectivity index (χ1) is 8.58. The van der Waals surface area contributed by atoms with E-state index >= 15 is 0 Å². The molecule has 0 saturated carbocycles. The van der Waals surface area contributed by atoms with Crippen LogP contribution in [-0.4, -0.2) is 24.7 Å². The number of hydrogen-bond donors (Lipinski definition) is 1. The lowest BCUT2D eigenvalue weighted by Gasteiger charge is -2.30. The number of rotatable bonds is 3. The summed E-state index contributed by atoms with van der Waals surface area (Å²) in [5.41, 5.74) is 8.09. The van der Waals surface area contributed by atoms with Crippen molar-refractivity contribution in [2.45, 2.75) is 36.3 Å². The van der Waals surface area contributed by atoms with Gasteiger partial charge in [-0.25, -0.2) is 0 Å². The zero-order valence-electron chi connectivity index (χ0n) is 11.1. The quantitative estimate of drug-likeness (QED) is 0.912. The van der Waals surface area contributed by atoms with Crippen molar-refractivity contribution in [1.29, 1.82) is 0 Å². The first-order valence-corrected chi connectivity index (χ1v) is 7.24. The van der Waals surface area contributed by atoms with Gasteiger partial charge in [0.2, 0.25) is 5.91 Å². The van der Waals surface area contributed by atoms with Crippen molar-refractivity contribution in [3.63, 3.8) is 0 Å². The Bertz CT molecular complexity index is 457. The summed E-state index contributed by atoms with van der Waals surface area (Å²) in [4.78, 5) is 14.8. The van der Waals surface area contributed by atoms with E-state index in [0.29, 0.717) is 12.5 Å². The normalized spacial score (nSPS) is 20.8. The SMILES string of the molecule is CCC(CN)c1ccc2c(c1)SC(C)C(=O)N2C. The van der Waals surface area contributed by atoms with Gasteiger partial charge in [-0.1, -0.05) is 13.0 Å².